The van der Waals surface area contributed by atoms with Gasteiger partial charge in [0, 0.05) is 35.6 Å². The van der Waals surface area contributed by atoms with E-state index >= 15 is 0 Å². The fourth-order valence-electron chi connectivity index (χ4n) is 3.64. The van der Waals surface area contributed by atoms with Crippen molar-refractivity contribution in [2.75, 3.05) is 11.9 Å². The Labute approximate surface area is 179 Å². The molecule has 2 aromatic heterocycles. The number of imidazole rings is 1. The van der Waals surface area contributed by atoms with Gasteiger partial charge in [0.05, 0.1) is 35.8 Å². The molecule has 9 heteroatoms. The molecule has 0 aliphatic carbocycles. The molecule has 1 aliphatic heterocycles. The van der Waals surface area contributed by atoms with Crippen molar-refractivity contribution in [1.29, 1.82) is 0 Å². The topological polar surface area (TPSA) is 105 Å². The molecule has 4 rings (SSSR count). The summed E-state index contributed by atoms with van der Waals surface area (Å²) in [7, 11) is 0. The van der Waals surface area contributed by atoms with E-state index in [1.807, 2.05) is 42.0 Å². The van der Waals surface area contributed by atoms with E-state index in [9.17, 15) is 9.90 Å². The second kappa shape index (κ2) is 8.41. The third kappa shape index (κ3) is 4.15. The van der Waals surface area contributed by atoms with E-state index in [1.165, 1.54) is 0 Å². The Hall–Kier alpha value is -2.97. The smallest absolute Gasteiger partial charge is 0.229 e. The van der Waals surface area contributed by atoms with E-state index in [4.69, 9.17) is 11.6 Å². The van der Waals surface area contributed by atoms with E-state index in [2.05, 4.69) is 25.6 Å². The molecule has 1 saturated heterocycles. The molecule has 1 aliphatic rings. The molecular formula is C21H23ClN6O2. The fourth-order valence-corrected chi connectivity index (χ4v) is 3.77. The lowest BCUT2D eigenvalue weighted by Gasteiger charge is -2.19. The van der Waals surface area contributed by atoms with Crippen molar-refractivity contribution in [3.8, 4) is 5.69 Å². The number of hydrogen-bond donors (Lipinski definition) is 3. The molecule has 0 saturated carbocycles. The molecule has 8 nitrogen and oxygen atoms in total. The van der Waals surface area contributed by atoms with Crippen LogP contribution in [-0.2, 0) is 4.79 Å². The Balaban J connectivity index is 1.50. The van der Waals surface area contributed by atoms with Gasteiger partial charge < -0.3 is 20.3 Å². The van der Waals surface area contributed by atoms with Crippen molar-refractivity contribution in [1.82, 2.24) is 24.8 Å². The summed E-state index contributed by atoms with van der Waals surface area (Å²) in [4.78, 5) is 25.6. The number of carbonyl (C=O) groups excluding carboxylic acids is 1. The minimum atomic E-state index is -0.615. The first-order valence-corrected chi connectivity index (χ1v) is 10.2. The molecule has 3 aromatic rings. The lowest BCUT2D eigenvalue weighted by molar-refractivity contribution is -0.121. The van der Waals surface area contributed by atoms with Gasteiger partial charge in [-0.1, -0.05) is 11.6 Å². The Morgan fingerprint density at radius 2 is 2.00 bits per heavy atom. The average molecular weight is 427 g/mol. The Morgan fingerprint density at radius 3 is 2.73 bits per heavy atom. The maximum atomic E-state index is 12.3. The van der Waals surface area contributed by atoms with E-state index in [0.717, 1.165) is 11.4 Å². The van der Waals surface area contributed by atoms with Gasteiger partial charge in [0.15, 0.2) is 0 Å². The number of anilines is 1. The Kier molecular flexibility index (Phi) is 5.69. The highest BCUT2D eigenvalue weighted by Crippen LogP contribution is 2.31. The first kappa shape index (κ1) is 20.3. The first-order chi connectivity index (χ1) is 14.4. The number of aliphatic hydroxyl groups is 1. The van der Waals surface area contributed by atoms with Gasteiger partial charge in [-0.05, 0) is 44.2 Å². The summed E-state index contributed by atoms with van der Waals surface area (Å²) >= 11 is 5.95. The number of halogens is 1. The lowest BCUT2D eigenvalue weighted by Crippen LogP contribution is -2.25. The fraction of sp³-hybridized carbons (Fsp3) is 0.333. The molecule has 0 bridgehead atoms. The van der Waals surface area contributed by atoms with Gasteiger partial charge in [-0.2, -0.15) is 0 Å². The molecule has 4 atom stereocenters. The second-order valence-corrected chi connectivity index (χ2v) is 7.92. The van der Waals surface area contributed by atoms with E-state index in [1.54, 1.807) is 25.5 Å². The van der Waals surface area contributed by atoms with Crippen molar-refractivity contribution >= 4 is 23.5 Å². The summed E-state index contributed by atoms with van der Waals surface area (Å²) in [5.41, 5.74) is 2.37. The molecule has 30 heavy (non-hydrogen) atoms. The van der Waals surface area contributed by atoms with Crippen molar-refractivity contribution in [3.05, 3.63) is 65.5 Å². The van der Waals surface area contributed by atoms with Crippen LogP contribution < -0.4 is 10.6 Å². The van der Waals surface area contributed by atoms with Gasteiger partial charge in [-0.3, -0.25) is 4.79 Å². The number of nitrogens with zero attached hydrogens (tertiary/aromatic N) is 4. The number of benzene rings is 1. The lowest BCUT2D eigenvalue weighted by atomic mass is 9.88. The predicted molar refractivity (Wildman–Crippen MR) is 114 cm³/mol. The van der Waals surface area contributed by atoms with Crippen LogP contribution in [0.4, 0.5) is 5.95 Å². The highest BCUT2D eigenvalue weighted by Gasteiger charge is 2.39. The van der Waals surface area contributed by atoms with Gasteiger partial charge in [0.25, 0.3) is 0 Å². The summed E-state index contributed by atoms with van der Waals surface area (Å²) in [6.07, 6.45) is 4.67. The van der Waals surface area contributed by atoms with E-state index in [-0.39, 0.29) is 17.9 Å². The molecule has 0 radical (unpaired) electrons. The number of carbonyl (C=O) groups is 1. The maximum absolute atomic E-state index is 12.3. The molecule has 1 amide bonds. The maximum Gasteiger partial charge on any atom is 0.229 e. The van der Waals surface area contributed by atoms with Gasteiger partial charge in [-0.25, -0.2) is 15.0 Å². The number of nitrogens with one attached hydrogen (secondary N) is 2. The number of aliphatic hydroxyl groups excluding tert-OH is 1. The summed E-state index contributed by atoms with van der Waals surface area (Å²) < 4.78 is 1.91. The van der Waals surface area contributed by atoms with Crippen LogP contribution in [0.25, 0.3) is 5.69 Å². The van der Waals surface area contributed by atoms with Crippen LogP contribution in [0, 0.1) is 5.92 Å². The largest absolute Gasteiger partial charge is 0.393 e. The van der Waals surface area contributed by atoms with E-state index in [0.29, 0.717) is 23.2 Å². The van der Waals surface area contributed by atoms with Crippen LogP contribution in [0.1, 0.15) is 37.2 Å². The van der Waals surface area contributed by atoms with Crippen LogP contribution >= 0.6 is 11.6 Å². The highest BCUT2D eigenvalue weighted by molar-refractivity contribution is 6.30. The zero-order valence-electron chi connectivity index (χ0n) is 16.7. The molecule has 3 heterocycles. The first-order valence-electron chi connectivity index (χ1n) is 9.77. The summed E-state index contributed by atoms with van der Waals surface area (Å²) in [5, 5.41) is 16.7. The number of hydrogen-bond acceptors (Lipinski definition) is 6. The number of rotatable bonds is 6. The summed E-state index contributed by atoms with van der Waals surface area (Å²) in [5.74, 6) is -0.425. The second-order valence-electron chi connectivity index (χ2n) is 7.48. The SMILES string of the molecule is C[C@H](Nc1nccc([C@@H]2C(=O)NCC2[C@@H](C)O)n1)c1cn(-c2ccc(Cl)cc2)cn1. The van der Waals surface area contributed by atoms with Crippen molar-refractivity contribution in [2.45, 2.75) is 31.9 Å². The number of amides is 1. The van der Waals surface area contributed by atoms with Crippen molar-refractivity contribution in [2.24, 2.45) is 5.92 Å². The molecule has 1 aromatic carbocycles. The summed E-state index contributed by atoms with van der Waals surface area (Å²) in [6.45, 7) is 4.09. The highest BCUT2D eigenvalue weighted by atomic mass is 35.5. The quantitative estimate of drug-likeness (QED) is 0.559. The standard InChI is InChI=1S/C21H23ClN6O2/c1-12(18-10-28(11-25-18)15-5-3-14(22)4-6-15)26-21-23-8-7-17(27-21)19-16(13(2)29)9-24-20(19)30/h3-8,10-13,16,19,29H,9H2,1-2H3,(H,24,30)(H,23,26,27)/t12-,13+,16?,19+/m0/s1. The third-order valence-electron chi connectivity index (χ3n) is 5.35. The minimum Gasteiger partial charge on any atom is -0.393 e. The normalized spacial score (nSPS) is 20.6. The minimum absolute atomic E-state index is 0.125. The summed E-state index contributed by atoms with van der Waals surface area (Å²) in [6, 6.07) is 9.07. The van der Waals surface area contributed by atoms with Gasteiger partial charge >= 0.3 is 0 Å². The van der Waals surface area contributed by atoms with Gasteiger partial charge in [0.1, 0.15) is 0 Å². The van der Waals surface area contributed by atoms with Crippen LogP contribution in [-0.4, -0.2) is 43.2 Å². The predicted octanol–water partition coefficient (Wildman–Crippen LogP) is 2.70. The van der Waals surface area contributed by atoms with E-state index < -0.39 is 12.0 Å². The van der Waals surface area contributed by atoms with Crippen LogP contribution in [0.3, 0.4) is 0 Å². The van der Waals surface area contributed by atoms with Crippen LogP contribution in [0.15, 0.2) is 49.1 Å². The molecule has 1 fully saturated rings. The van der Waals surface area contributed by atoms with Crippen molar-refractivity contribution in [3.63, 3.8) is 0 Å². The van der Waals surface area contributed by atoms with Crippen molar-refractivity contribution < 1.29 is 9.90 Å². The zero-order chi connectivity index (χ0) is 21.3. The average Bonchev–Trinajstić information content (AvgIpc) is 3.36. The van der Waals surface area contributed by atoms with Crippen LogP contribution in [0.5, 0.6) is 0 Å². The third-order valence-corrected chi connectivity index (χ3v) is 5.61. The Bertz CT molecular complexity index is 1040. The van der Waals surface area contributed by atoms with Gasteiger partial charge in [-0.15, -0.1) is 0 Å². The van der Waals surface area contributed by atoms with Gasteiger partial charge in [0.2, 0.25) is 11.9 Å². The zero-order valence-corrected chi connectivity index (χ0v) is 17.4. The molecule has 1 unspecified atom stereocenters. The molecule has 3 N–H and O–H groups in total. The monoisotopic (exact) mass is 426 g/mol. The molecular weight excluding hydrogens is 404 g/mol. The molecule has 156 valence electrons. The van der Waals surface area contributed by atoms with Crippen LogP contribution in [0.2, 0.25) is 5.02 Å². The molecule has 0 spiro atoms. The number of aromatic nitrogens is 4. The Morgan fingerprint density at radius 1 is 1.23 bits per heavy atom.